The van der Waals surface area contributed by atoms with Crippen LogP contribution in [0.2, 0.25) is 0 Å². The van der Waals surface area contributed by atoms with Gasteiger partial charge in [0.25, 0.3) is 0 Å². The van der Waals surface area contributed by atoms with Crippen molar-refractivity contribution in [1.82, 2.24) is 10.2 Å². The van der Waals surface area contributed by atoms with E-state index >= 15 is 0 Å². The molecule has 0 aromatic rings. The molecule has 1 N–H and O–H groups in total. The lowest BCUT2D eigenvalue weighted by Crippen LogP contribution is -2.59. The molecule has 0 bridgehead atoms. The fraction of sp³-hybridized carbons (Fsp3) is 0.846. The van der Waals surface area contributed by atoms with E-state index in [2.05, 4.69) is 5.32 Å². The zero-order valence-electron chi connectivity index (χ0n) is 11.6. The predicted octanol–water partition coefficient (Wildman–Crippen LogP) is 0.486. The minimum absolute atomic E-state index is 0.0349. The number of nitrogens with one attached hydrogen (secondary N) is 1. The van der Waals surface area contributed by atoms with E-state index in [9.17, 15) is 14.0 Å². The number of amides is 2. The van der Waals surface area contributed by atoms with E-state index in [1.165, 1.54) is 12.0 Å². The van der Waals surface area contributed by atoms with Crippen molar-refractivity contribution in [2.45, 2.75) is 45.0 Å². The van der Waals surface area contributed by atoms with Gasteiger partial charge in [0.1, 0.15) is 12.2 Å². The molecule has 19 heavy (non-hydrogen) atoms. The van der Waals surface area contributed by atoms with Crippen molar-refractivity contribution in [3.05, 3.63) is 0 Å². The highest BCUT2D eigenvalue weighted by Crippen LogP contribution is 2.33. The molecule has 2 aliphatic rings. The molecule has 2 saturated heterocycles. The quantitative estimate of drug-likeness (QED) is 0.796. The molecular formula is C13H21FN2O3. The van der Waals surface area contributed by atoms with Gasteiger partial charge in [0.05, 0.1) is 12.6 Å². The molecule has 0 aromatic heterocycles. The molecule has 6 heteroatoms. The monoisotopic (exact) mass is 272 g/mol. The summed E-state index contributed by atoms with van der Waals surface area (Å²) in [5.41, 5.74) is -0.440. The molecule has 0 spiro atoms. The summed E-state index contributed by atoms with van der Waals surface area (Å²) in [5, 5.41) is 2.63. The number of piperidine rings is 1. The second-order valence-corrected chi connectivity index (χ2v) is 6.04. The van der Waals surface area contributed by atoms with Crippen molar-refractivity contribution < 1.29 is 18.7 Å². The third-order valence-corrected chi connectivity index (χ3v) is 3.95. The number of nitrogens with zero attached hydrogens (tertiary/aromatic N) is 1. The smallest absolute Gasteiger partial charge is 0.245 e. The van der Waals surface area contributed by atoms with Gasteiger partial charge in [-0.1, -0.05) is 13.8 Å². The zero-order chi connectivity index (χ0) is 14.2. The van der Waals surface area contributed by atoms with Crippen LogP contribution in [0, 0.1) is 5.41 Å². The van der Waals surface area contributed by atoms with Gasteiger partial charge in [-0.25, -0.2) is 4.39 Å². The predicted molar refractivity (Wildman–Crippen MR) is 67.2 cm³/mol. The largest absolute Gasteiger partial charge is 0.378 e. The van der Waals surface area contributed by atoms with E-state index < -0.39 is 23.7 Å². The first kappa shape index (κ1) is 14.2. The van der Waals surface area contributed by atoms with Crippen LogP contribution in [0.1, 0.15) is 26.7 Å². The lowest BCUT2D eigenvalue weighted by atomic mass is 9.80. The van der Waals surface area contributed by atoms with E-state index in [0.717, 1.165) is 0 Å². The molecular weight excluding hydrogens is 251 g/mol. The average molecular weight is 272 g/mol. The van der Waals surface area contributed by atoms with Crippen molar-refractivity contribution in [3.63, 3.8) is 0 Å². The van der Waals surface area contributed by atoms with Crippen LogP contribution in [0.5, 0.6) is 0 Å². The summed E-state index contributed by atoms with van der Waals surface area (Å²) in [6, 6.07) is -0.491. The molecule has 2 rings (SSSR count). The molecule has 2 fully saturated rings. The molecule has 0 aliphatic carbocycles. The van der Waals surface area contributed by atoms with Crippen LogP contribution in [0.15, 0.2) is 0 Å². The summed E-state index contributed by atoms with van der Waals surface area (Å²) in [7, 11) is 1.49. The molecule has 3 atom stereocenters. The van der Waals surface area contributed by atoms with E-state index in [1.54, 1.807) is 0 Å². The van der Waals surface area contributed by atoms with Crippen LogP contribution >= 0.6 is 0 Å². The van der Waals surface area contributed by atoms with Gasteiger partial charge in [0, 0.05) is 25.5 Å². The SMILES string of the molecule is CO[C@@H]1[C@H](F)CN(C(=O)[C@@H]2CCC(=O)N2)CC1(C)C. The van der Waals surface area contributed by atoms with E-state index in [-0.39, 0.29) is 18.4 Å². The van der Waals surface area contributed by atoms with Gasteiger partial charge in [-0.05, 0) is 6.42 Å². The van der Waals surface area contributed by atoms with Gasteiger partial charge in [-0.15, -0.1) is 0 Å². The number of likely N-dealkylation sites (tertiary alicyclic amines) is 1. The highest BCUT2D eigenvalue weighted by Gasteiger charge is 2.45. The van der Waals surface area contributed by atoms with Crippen LogP contribution in [0.4, 0.5) is 4.39 Å². The molecule has 2 aliphatic heterocycles. The Morgan fingerprint density at radius 2 is 2.21 bits per heavy atom. The Kier molecular flexibility index (Phi) is 3.80. The van der Waals surface area contributed by atoms with Crippen LogP contribution < -0.4 is 5.32 Å². The van der Waals surface area contributed by atoms with E-state index in [1.807, 2.05) is 13.8 Å². The third-order valence-electron chi connectivity index (χ3n) is 3.95. The number of carbonyl (C=O) groups is 2. The van der Waals surface area contributed by atoms with Crippen LogP contribution in [0.25, 0.3) is 0 Å². The first-order valence-corrected chi connectivity index (χ1v) is 6.60. The number of hydrogen-bond donors (Lipinski definition) is 1. The number of hydrogen-bond acceptors (Lipinski definition) is 3. The van der Waals surface area contributed by atoms with Crippen LogP contribution in [-0.4, -0.2) is 55.2 Å². The minimum atomic E-state index is -1.20. The zero-order valence-corrected chi connectivity index (χ0v) is 11.6. The maximum atomic E-state index is 14.1. The average Bonchev–Trinajstić information content (AvgIpc) is 2.73. The summed E-state index contributed by atoms with van der Waals surface area (Å²) < 4.78 is 19.3. The van der Waals surface area contributed by atoms with Crippen LogP contribution in [-0.2, 0) is 14.3 Å². The lowest BCUT2D eigenvalue weighted by molar-refractivity contribution is -0.148. The van der Waals surface area contributed by atoms with Crippen LogP contribution in [0.3, 0.4) is 0 Å². The third kappa shape index (κ3) is 2.73. The topological polar surface area (TPSA) is 58.6 Å². The van der Waals surface area contributed by atoms with Gasteiger partial charge < -0.3 is 15.0 Å². The van der Waals surface area contributed by atoms with Crippen molar-refractivity contribution in [2.75, 3.05) is 20.2 Å². The van der Waals surface area contributed by atoms with Gasteiger partial charge in [-0.3, -0.25) is 9.59 Å². The second kappa shape index (κ2) is 5.07. The van der Waals surface area contributed by atoms with Crippen molar-refractivity contribution in [2.24, 2.45) is 5.41 Å². The number of halogens is 1. The number of carbonyl (C=O) groups excluding carboxylic acids is 2. The highest BCUT2D eigenvalue weighted by molar-refractivity contribution is 5.90. The summed E-state index contributed by atoms with van der Waals surface area (Å²) in [4.78, 5) is 24.9. The minimum Gasteiger partial charge on any atom is -0.378 e. The van der Waals surface area contributed by atoms with E-state index in [4.69, 9.17) is 4.74 Å². The maximum absolute atomic E-state index is 14.1. The van der Waals surface area contributed by atoms with Crippen molar-refractivity contribution in [3.8, 4) is 0 Å². The fourth-order valence-corrected chi connectivity index (χ4v) is 3.10. The maximum Gasteiger partial charge on any atom is 0.245 e. The summed E-state index contributed by atoms with van der Waals surface area (Å²) in [5.74, 6) is -0.294. The molecule has 2 heterocycles. The normalized spacial score (nSPS) is 34.2. The first-order valence-electron chi connectivity index (χ1n) is 6.60. The standard InChI is InChI=1S/C13H21FN2O3/c1-13(2)7-16(6-8(14)11(13)19-3)12(18)9-4-5-10(17)15-9/h8-9,11H,4-7H2,1-3H3,(H,15,17)/t8-,9+,11-/m1/s1. The first-order chi connectivity index (χ1) is 8.85. The number of ether oxygens (including phenoxy) is 1. The summed E-state index contributed by atoms with van der Waals surface area (Å²) in [6.07, 6.45) is -0.836. The Morgan fingerprint density at radius 3 is 2.68 bits per heavy atom. The van der Waals surface area contributed by atoms with Crippen molar-refractivity contribution >= 4 is 11.8 Å². The van der Waals surface area contributed by atoms with Gasteiger partial charge in [-0.2, -0.15) is 0 Å². The Labute approximate surface area is 112 Å². The van der Waals surface area contributed by atoms with E-state index in [0.29, 0.717) is 19.4 Å². The Morgan fingerprint density at radius 1 is 1.53 bits per heavy atom. The Balaban J connectivity index is 2.06. The molecule has 108 valence electrons. The number of methoxy groups -OCH3 is 1. The molecule has 0 aromatic carbocycles. The fourth-order valence-electron chi connectivity index (χ4n) is 3.10. The van der Waals surface area contributed by atoms with Crippen molar-refractivity contribution in [1.29, 1.82) is 0 Å². The molecule has 5 nitrogen and oxygen atoms in total. The molecule has 0 radical (unpaired) electrons. The summed E-state index contributed by atoms with van der Waals surface area (Å²) >= 11 is 0. The Hall–Kier alpha value is -1.17. The molecule has 2 amide bonds. The van der Waals surface area contributed by atoms with Gasteiger partial charge >= 0.3 is 0 Å². The number of alkyl halides is 1. The second-order valence-electron chi connectivity index (χ2n) is 6.04. The van der Waals surface area contributed by atoms with Gasteiger partial charge in [0.2, 0.25) is 11.8 Å². The highest BCUT2D eigenvalue weighted by atomic mass is 19.1. The molecule has 0 unspecified atom stereocenters. The number of rotatable bonds is 2. The molecule has 0 saturated carbocycles. The van der Waals surface area contributed by atoms with Gasteiger partial charge in [0.15, 0.2) is 0 Å². The summed E-state index contributed by atoms with van der Waals surface area (Å²) in [6.45, 7) is 4.26. The Bertz CT molecular complexity index is 386. The lowest BCUT2D eigenvalue weighted by Gasteiger charge is -2.45.